The monoisotopic (exact) mass is 236 g/mol. The topological polar surface area (TPSA) is 26.3 Å². The molecule has 2 heteroatoms. The van der Waals surface area contributed by atoms with E-state index in [1.807, 2.05) is 0 Å². The molecule has 0 bridgehead atoms. The third kappa shape index (κ3) is 3.34. The van der Waals surface area contributed by atoms with Crippen LogP contribution in [0.5, 0.6) is 0 Å². The maximum absolute atomic E-state index is 12.1. The Balaban J connectivity index is 1.82. The van der Waals surface area contributed by atoms with Crippen molar-refractivity contribution in [1.82, 2.24) is 0 Å². The van der Waals surface area contributed by atoms with Crippen molar-refractivity contribution < 1.29 is 9.53 Å². The predicted octanol–water partition coefficient (Wildman–Crippen LogP) is 3.71. The van der Waals surface area contributed by atoms with Crippen molar-refractivity contribution in [3.8, 4) is 0 Å². The highest BCUT2D eigenvalue weighted by Gasteiger charge is 2.30. The average molecular weight is 236 g/mol. The Morgan fingerprint density at radius 2 is 1.71 bits per heavy atom. The second-order valence-electron chi connectivity index (χ2n) is 5.85. The van der Waals surface area contributed by atoms with Crippen LogP contribution < -0.4 is 0 Å². The molecule has 0 amide bonds. The van der Waals surface area contributed by atoms with Crippen LogP contribution in [0.4, 0.5) is 0 Å². The Morgan fingerprint density at radius 3 is 2.35 bits per heavy atom. The molecule has 17 heavy (non-hydrogen) atoms. The van der Waals surface area contributed by atoms with Gasteiger partial charge in [-0.2, -0.15) is 0 Å². The summed E-state index contributed by atoms with van der Waals surface area (Å²) in [4.78, 5) is 12.1. The first-order valence-corrected chi connectivity index (χ1v) is 7.02. The molecule has 0 aromatic heterocycles. The molecular formula is C15H24O2. The highest BCUT2D eigenvalue weighted by atomic mass is 16.5. The van der Waals surface area contributed by atoms with Crippen molar-refractivity contribution in [1.29, 1.82) is 0 Å². The highest BCUT2D eigenvalue weighted by Crippen LogP contribution is 2.30. The number of hydrogen-bond acceptors (Lipinski definition) is 2. The van der Waals surface area contributed by atoms with Crippen LogP contribution in [-0.4, -0.2) is 12.1 Å². The minimum absolute atomic E-state index is 0.0430. The average Bonchev–Trinajstić information content (AvgIpc) is 2.32. The van der Waals surface area contributed by atoms with Crippen LogP contribution in [0.2, 0.25) is 0 Å². The molecule has 0 aromatic rings. The summed E-state index contributed by atoms with van der Waals surface area (Å²) in [7, 11) is 0. The zero-order valence-corrected chi connectivity index (χ0v) is 11.0. The maximum Gasteiger partial charge on any atom is 0.309 e. The first-order chi connectivity index (χ1) is 8.16. The van der Waals surface area contributed by atoms with Crippen molar-refractivity contribution in [2.75, 3.05) is 0 Å². The second-order valence-corrected chi connectivity index (χ2v) is 5.85. The second kappa shape index (κ2) is 5.70. The minimum Gasteiger partial charge on any atom is -0.462 e. The van der Waals surface area contributed by atoms with E-state index in [1.165, 1.54) is 12.8 Å². The quantitative estimate of drug-likeness (QED) is 0.539. The molecular weight excluding hydrogens is 212 g/mol. The lowest BCUT2D eigenvalue weighted by Crippen LogP contribution is -2.31. The zero-order chi connectivity index (χ0) is 12.3. The predicted molar refractivity (Wildman–Crippen MR) is 68.5 cm³/mol. The van der Waals surface area contributed by atoms with Crippen LogP contribution in [-0.2, 0) is 9.53 Å². The third-order valence-corrected chi connectivity index (χ3v) is 4.30. The first-order valence-electron chi connectivity index (χ1n) is 7.02. The van der Waals surface area contributed by atoms with Gasteiger partial charge in [0.25, 0.3) is 0 Å². The molecule has 0 N–H and O–H groups in total. The van der Waals surface area contributed by atoms with Crippen molar-refractivity contribution in [2.45, 2.75) is 58.5 Å². The number of carbonyl (C=O) groups is 1. The summed E-state index contributed by atoms with van der Waals surface area (Å²) < 4.78 is 5.68. The van der Waals surface area contributed by atoms with Crippen LogP contribution in [0.1, 0.15) is 52.4 Å². The summed E-state index contributed by atoms with van der Waals surface area (Å²) in [6.07, 6.45) is 10.9. The number of rotatable bonds is 2. The van der Waals surface area contributed by atoms with Gasteiger partial charge in [0.2, 0.25) is 0 Å². The van der Waals surface area contributed by atoms with Gasteiger partial charge in [0.1, 0.15) is 6.10 Å². The molecule has 1 fully saturated rings. The Labute approximate surface area is 104 Å². The summed E-state index contributed by atoms with van der Waals surface area (Å²) in [6.45, 7) is 4.43. The molecule has 0 heterocycles. The van der Waals surface area contributed by atoms with E-state index in [0.29, 0.717) is 5.92 Å². The van der Waals surface area contributed by atoms with Gasteiger partial charge in [0.15, 0.2) is 0 Å². The van der Waals surface area contributed by atoms with Crippen molar-refractivity contribution in [2.24, 2.45) is 17.8 Å². The number of carbonyl (C=O) groups excluding carboxylic acids is 1. The van der Waals surface area contributed by atoms with Crippen LogP contribution in [0.15, 0.2) is 12.2 Å². The van der Waals surface area contributed by atoms with Gasteiger partial charge in [0.05, 0.1) is 5.92 Å². The Hall–Kier alpha value is -0.790. The lowest BCUT2D eigenvalue weighted by molar-refractivity contribution is -0.157. The lowest BCUT2D eigenvalue weighted by Gasteiger charge is -2.29. The van der Waals surface area contributed by atoms with E-state index in [-0.39, 0.29) is 18.0 Å². The fraction of sp³-hybridized carbons (Fsp3) is 0.800. The molecule has 0 aliphatic heterocycles. The van der Waals surface area contributed by atoms with Gasteiger partial charge < -0.3 is 4.74 Å². The molecule has 2 aliphatic rings. The molecule has 2 nitrogen and oxygen atoms in total. The normalized spacial score (nSPS) is 37.8. The summed E-state index contributed by atoms with van der Waals surface area (Å²) >= 11 is 0. The Kier molecular flexibility index (Phi) is 4.25. The van der Waals surface area contributed by atoms with Gasteiger partial charge in [-0.25, -0.2) is 0 Å². The number of esters is 1. The fourth-order valence-electron chi connectivity index (χ4n) is 2.88. The number of ether oxygens (including phenoxy) is 1. The highest BCUT2D eigenvalue weighted by molar-refractivity contribution is 5.73. The zero-order valence-electron chi connectivity index (χ0n) is 11.0. The summed E-state index contributed by atoms with van der Waals surface area (Å²) in [5, 5.41) is 0. The van der Waals surface area contributed by atoms with E-state index in [9.17, 15) is 4.79 Å². The van der Waals surface area contributed by atoms with E-state index in [2.05, 4.69) is 26.0 Å². The van der Waals surface area contributed by atoms with Gasteiger partial charge in [0, 0.05) is 0 Å². The van der Waals surface area contributed by atoms with Crippen molar-refractivity contribution in [3.63, 3.8) is 0 Å². The van der Waals surface area contributed by atoms with Gasteiger partial charge in [-0.05, 0) is 50.4 Å². The van der Waals surface area contributed by atoms with E-state index in [1.54, 1.807) is 0 Å². The number of hydrogen-bond donors (Lipinski definition) is 0. The maximum atomic E-state index is 12.1. The number of allylic oxidation sites excluding steroid dienone is 2. The molecule has 0 saturated heterocycles. The molecule has 2 unspecified atom stereocenters. The largest absolute Gasteiger partial charge is 0.462 e. The summed E-state index contributed by atoms with van der Waals surface area (Å²) in [5.74, 6) is 1.39. The standard InChI is InChI=1S/C15H24O2/c1-11-7-9-13(10-8-11)17-15(16)14-6-4-3-5-12(14)2/h3-4,11-14H,5-10H2,1-2H3. The van der Waals surface area contributed by atoms with Gasteiger partial charge in [-0.3, -0.25) is 4.79 Å². The van der Waals surface area contributed by atoms with Crippen LogP contribution in [0, 0.1) is 17.8 Å². The molecule has 0 radical (unpaired) electrons. The molecule has 2 aliphatic carbocycles. The Bertz CT molecular complexity index is 287. The molecule has 96 valence electrons. The SMILES string of the molecule is CC1CCC(OC(=O)C2CC=CCC2C)CC1. The van der Waals surface area contributed by atoms with Gasteiger partial charge >= 0.3 is 5.97 Å². The van der Waals surface area contributed by atoms with E-state index in [0.717, 1.165) is 31.6 Å². The molecule has 1 saturated carbocycles. The molecule has 0 spiro atoms. The van der Waals surface area contributed by atoms with E-state index >= 15 is 0 Å². The third-order valence-electron chi connectivity index (χ3n) is 4.30. The smallest absolute Gasteiger partial charge is 0.309 e. The summed E-state index contributed by atoms with van der Waals surface area (Å²) in [6, 6.07) is 0. The van der Waals surface area contributed by atoms with E-state index < -0.39 is 0 Å². The molecule has 2 rings (SSSR count). The Morgan fingerprint density at radius 1 is 1.06 bits per heavy atom. The van der Waals surface area contributed by atoms with Crippen molar-refractivity contribution >= 4 is 5.97 Å². The molecule has 0 aromatic carbocycles. The van der Waals surface area contributed by atoms with Crippen LogP contribution in [0.3, 0.4) is 0 Å². The van der Waals surface area contributed by atoms with Gasteiger partial charge in [-0.1, -0.05) is 26.0 Å². The lowest BCUT2D eigenvalue weighted by atomic mass is 9.84. The van der Waals surface area contributed by atoms with E-state index in [4.69, 9.17) is 4.74 Å². The summed E-state index contributed by atoms with van der Waals surface area (Å²) in [5.41, 5.74) is 0. The molecule has 2 atom stereocenters. The van der Waals surface area contributed by atoms with Crippen LogP contribution >= 0.6 is 0 Å². The van der Waals surface area contributed by atoms with Crippen molar-refractivity contribution in [3.05, 3.63) is 12.2 Å². The fourth-order valence-corrected chi connectivity index (χ4v) is 2.88. The van der Waals surface area contributed by atoms with Crippen LogP contribution in [0.25, 0.3) is 0 Å². The first kappa shape index (κ1) is 12.7. The van der Waals surface area contributed by atoms with Gasteiger partial charge in [-0.15, -0.1) is 0 Å². The minimum atomic E-state index is 0.0430.